The second-order valence-corrected chi connectivity index (χ2v) is 4.73. The number of hydrogen-bond acceptors (Lipinski definition) is 2. The van der Waals surface area contributed by atoms with Crippen LogP contribution in [-0.2, 0) is 4.74 Å². The lowest BCUT2D eigenvalue weighted by Gasteiger charge is -2.20. The molecule has 0 saturated heterocycles. The van der Waals surface area contributed by atoms with Crippen molar-refractivity contribution < 1.29 is 4.74 Å². The summed E-state index contributed by atoms with van der Waals surface area (Å²) < 4.78 is 5.77. The molecule has 1 rings (SSSR count). The highest BCUT2D eigenvalue weighted by Gasteiger charge is 2.41. The molecule has 0 aromatic rings. The van der Waals surface area contributed by atoms with E-state index in [0.29, 0.717) is 17.4 Å². The average Bonchev–Trinajstić information content (AvgIpc) is 2.81. The topological polar surface area (TPSA) is 9.23 Å². The molecular formula is C10H20OS. The van der Waals surface area contributed by atoms with E-state index in [1.165, 1.54) is 12.8 Å². The molecule has 1 aliphatic rings. The zero-order valence-corrected chi connectivity index (χ0v) is 9.23. The third-order valence-electron chi connectivity index (χ3n) is 2.88. The number of rotatable bonds is 5. The minimum Gasteiger partial charge on any atom is -0.378 e. The summed E-state index contributed by atoms with van der Waals surface area (Å²) in [6.07, 6.45) is 3.00. The standard InChI is InChI=1S/C10H20OS/c1-8(2)9(3)11-6-10(7-12)4-5-10/h8-9,12H,4-7H2,1-3H3. The van der Waals surface area contributed by atoms with Gasteiger partial charge in [-0.3, -0.25) is 0 Å². The van der Waals surface area contributed by atoms with Crippen molar-refractivity contribution in [1.29, 1.82) is 0 Å². The molecule has 2 heteroatoms. The Hall–Kier alpha value is 0.310. The maximum absolute atomic E-state index is 5.77. The fourth-order valence-corrected chi connectivity index (χ4v) is 1.43. The van der Waals surface area contributed by atoms with Crippen LogP contribution < -0.4 is 0 Å². The van der Waals surface area contributed by atoms with Crippen molar-refractivity contribution in [2.24, 2.45) is 11.3 Å². The van der Waals surface area contributed by atoms with Crippen molar-refractivity contribution in [3.63, 3.8) is 0 Å². The summed E-state index contributed by atoms with van der Waals surface area (Å²) in [6, 6.07) is 0. The fraction of sp³-hybridized carbons (Fsp3) is 1.00. The van der Waals surface area contributed by atoms with Gasteiger partial charge >= 0.3 is 0 Å². The Morgan fingerprint density at radius 1 is 1.33 bits per heavy atom. The van der Waals surface area contributed by atoms with E-state index in [-0.39, 0.29) is 0 Å². The van der Waals surface area contributed by atoms with Crippen molar-refractivity contribution in [2.75, 3.05) is 12.4 Å². The van der Waals surface area contributed by atoms with Crippen molar-refractivity contribution in [1.82, 2.24) is 0 Å². The van der Waals surface area contributed by atoms with Gasteiger partial charge in [0.15, 0.2) is 0 Å². The maximum Gasteiger partial charge on any atom is 0.0570 e. The van der Waals surface area contributed by atoms with Crippen LogP contribution in [0, 0.1) is 11.3 Å². The molecule has 1 atom stereocenters. The van der Waals surface area contributed by atoms with Gasteiger partial charge in [-0.25, -0.2) is 0 Å². The summed E-state index contributed by atoms with van der Waals surface area (Å²) in [5.74, 6) is 1.61. The third-order valence-corrected chi connectivity index (χ3v) is 3.55. The van der Waals surface area contributed by atoms with Crippen LogP contribution in [0.15, 0.2) is 0 Å². The molecule has 72 valence electrons. The van der Waals surface area contributed by atoms with Gasteiger partial charge in [0.25, 0.3) is 0 Å². The predicted molar refractivity (Wildman–Crippen MR) is 55.8 cm³/mol. The molecule has 0 heterocycles. The van der Waals surface area contributed by atoms with E-state index in [1.54, 1.807) is 0 Å². The van der Waals surface area contributed by atoms with Crippen molar-refractivity contribution in [2.45, 2.75) is 39.7 Å². The van der Waals surface area contributed by atoms with Crippen LogP contribution in [0.2, 0.25) is 0 Å². The quantitative estimate of drug-likeness (QED) is 0.653. The van der Waals surface area contributed by atoms with Crippen LogP contribution in [0.25, 0.3) is 0 Å². The summed E-state index contributed by atoms with van der Waals surface area (Å²) in [7, 11) is 0. The number of thiol groups is 1. The minimum absolute atomic E-state index is 0.391. The molecule has 0 N–H and O–H groups in total. The SMILES string of the molecule is CC(C)C(C)OCC1(CS)CC1. The van der Waals surface area contributed by atoms with Crippen molar-refractivity contribution in [3.05, 3.63) is 0 Å². The van der Waals surface area contributed by atoms with Gasteiger partial charge in [0.2, 0.25) is 0 Å². The molecule has 12 heavy (non-hydrogen) atoms. The smallest absolute Gasteiger partial charge is 0.0570 e. The molecule has 1 saturated carbocycles. The van der Waals surface area contributed by atoms with E-state index in [9.17, 15) is 0 Å². The molecule has 0 aromatic carbocycles. The second kappa shape index (κ2) is 4.01. The van der Waals surface area contributed by atoms with E-state index in [2.05, 4.69) is 33.4 Å². The zero-order valence-electron chi connectivity index (χ0n) is 8.34. The van der Waals surface area contributed by atoms with E-state index >= 15 is 0 Å². The summed E-state index contributed by atoms with van der Waals surface area (Å²) in [6.45, 7) is 7.46. The van der Waals surface area contributed by atoms with E-state index in [4.69, 9.17) is 4.74 Å². The van der Waals surface area contributed by atoms with Crippen LogP contribution >= 0.6 is 12.6 Å². The first-order valence-electron chi connectivity index (χ1n) is 4.82. The van der Waals surface area contributed by atoms with E-state index < -0.39 is 0 Å². The normalized spacial score (nSPS) is 22.8. The van der Waals surface area contributed by atoms with E-state index in [0.717, 1.165) is 12.4 Å². The molecule has 1 nitrogen and oxygen atoms in total. The third kappa shape index (κ3) is 2.67. The summed E-state index contributed by atoms with van der Waals surface area (Å²) in [4.78, 5) is 0. The van der Waals surface area contributed by atoms with Crippen molar-refractivity contribution in [3.8, 4) is 0 Å². The predicted octanol–water partition coefficient (Wildman–Crippen LogP) is 2.76. The molecule has 1 fully saturated rings. The van der Waals surface area contributed by atoms with Gasteiger partial charge in [0.05, 0.1) is 12.7 Å². The lowest BCUT2D eigenvalue weighted by molar-refractivity contribution is 0.0122. The Bertz CT molecular complexity index is 141. The lowest BCUT2D eigenvalue weighted by Crippen LogP contribution is -2.21. The molecule has 1 aliphatic carbocycles. The first-order chi connectivity index (χ1) is 5.59. The second-order valence-electron chi connectivity index (χ2n) is 4.42. The van der Waals surface area contributed by atoms with Crippen LogP contribution in [-0.4, -0.2) is 18.5 Å². The largest absolute Gasteiger partial charge is 0.378 e. The molecular weight excluding hydrogens is 168 g/mol. The van der Waals surface area contributed by atoms with Gasteiger partial charge in [-0.15, -0.1) is 0 Å². The van der Waals surface area contributed by atoms with Gasteiger partial charge in [-0.05, 0) is 31.4 Å². The van der Waals surface area contributed by atoms with Crippen LogP contribution in [0.5, 0.6) is 0 Å². The summed E-state index contributed by atoms with van der Waals surface area (Å²) in [5, 5.41) is 0. The number of ether oxygens (including phenoxy) is 1. The Morgan fingerprint density at radius 2 is 1.92 bits per heavy atom. The monoisotopic (exact) mass is 188 g/mol. The lowest BCUT2D eigenvalue weighted by atomic mass is 10.1. The molecule has 0 aromatic heterocycles. The van der Waals surface area contributed by atoms with Crippen LogP contribution in [0.4, 0.5) is 0 Å². The first-order valence-corrected chi connectivity index (χ1v) is 5.45. The van der Waals surface area contributed by atoms with Crippen molar-refractivity contribution >= 4 is 12.6 Å². The Balaban J connectivity index is 2.17. The Morgan fingerprint density at radius 3 is 2.25 bits per heavy atom. The van der Waals surface area contributed by atoms with E-state index in [1.807, 2.05) is 0 Å². The highest BCUT2D eigenvalue weighted by Crippen LogP contribution is 2.46. The van der Waals surface area contributed by atoms with Crippen LogP contribution in [0.1, 0.15) is 33.6 Å². The number of hydrogen-bond donors (Lipinski definition) is 1. The highest BCUT2D eigenvalue weighted by molar-refractivity contribution is 7.80. The fourth-order valence-electron chi connectivity index (χ4n) is 1.03. The summed E-state index contributed by atoms with van der Waals surface area (Å²) >= 11 is 4.34. The average molecular weight is 188 g/mol. The van der Waals surface area contributed by atoms with Crippen LogP contribution in [0.3, 0.4) is 0 Å². The van der Waals surface area contributed by atoms with Gasteiger partial charge < -0.3 is 4.74 Å². The van der Waals surface area contributed by atoms with Gasteiger partial charge in [-0.1, -0.05) is 13.8 Å². The Labute approximate surface area is 81.3 Å². The van der Waals surface area contributed by atoms with Gasteiger partial charge in [-0.2, -0.15) is 12.6 Å². The molecule has 0 bridgehead atoms. The molecule has 0 amide bonds. The molecule has 1 unspecified atom stereocenters. The summed E-state index contributed by atoms with van der Waals surface area (Å²) in [5.41, 5.74) is 0.451. The Kier molecular flexibility index (Phi) is 3.47. The molecule has 0 aliphatic heterocycles. The maximum atomic E-state index is 5.77. The van der Waals surface area contributed by atoms with Gasteiger partial charge in [0.1, 0.15) is 0 Å². The highest BCUT2D eigenvalue weighted by atomic mass is 32.1. The molecule has 0 spiro atoms. The minimum atomic E-state index is 0.391. The zero-order chi connectivity index (χ0) is 9.19. The molecule has 0 radical (unpaired) electrons. The van der Waals surface area contributed by atoms with Gasteiger partial charge in [0, 0.05) is 5.41 Å². The first kappa shape index (κ1) is 10.4.